The van der Waals surface area contributed by atoms with E-state index in [2.05, 4.69) is 0 Å². The lowest BCUT2D eigenvalue weighted by atomic mass is 9.98. The maximum Gasteiger partial charge on any atom is 0.331 e. The van der Waals surface area contributed by atoms with Gasteiger partial charge in [-0.3, -0.25) is 4.79 Å². The normalized spacial score (nSPS) is 21.2. The Balaban J connectivity index is 2.22. The van der Waals surface area contributed by atoms with Crippen molar-refractivity contribution < 1.29 is 19.1 Å². The van der Waals surface area contributed by atoms with Crippen LogP contribution in [0.15, 0.2) is 24.3 Å². The van der Waals surface area contributed by atoms with E-state index in [0.717, 1.165) is 6.42 Å². The number of ether oxygens (including phenoxy) is 2. The van der Waals surface area contributed by atoms with Gasteiger partial charge in [-0.25, -0.2) is 4.79 Å². The first kappa shape index (κ1) is 15.4. The molecule has 5 nitrogen and oxygen atoms in total. The van der Waals surface area contributed by atoms with Gasteiger partial charge in [0.2, 0.25) is 0 Å². The van der Waals surface area contributed by atoms with E-state index < -0.39 is 5.54 Å². The zero-order chi connectivity index (χ0) is 15.5. The highest BCUT2D eigenvalue weighted by Gasteiger charge is 2.47. The zero-order valence-electron chi connectivity index (χ0n) is 12.7. The van der Waals surface area contributed by atoms with Crippen molar-refractivity contribution in [3.63, 3.8) is 0 Å². The molecular weight excluding hydrogens is 270 g/mol. The first-order valence-corrected chi connectivity index (χ1v) is 7.16. The number of esters is 1. The minimum atomic E-state index is -0.868. The standard InChI is InChI=1S/C16H21NO4/c1-4-21-15(19)16(2)10-5-11-17(16)14(18)12-6-8-13(20-3)9-7-12/h6-9H,4-5,10-11H2,1-3H3. The number of nitrogens with zero attached hydrogens (tertiary/aromatic N) is 1. The van der Waals surface area contributed by atoms with E-state index in [1.807, 2.05) is 0 Å². The molecule has 0 saturated carbocycles. The molecule has 0 radical (unpaired) electrons. The van der Waals surface area contributed by atoms with Crippen molar-refractivity contribution in [1.82, 2.24) is 4.90 Å². The number of hydrogen-bond donors (Lipinski definition) is 0. The van der Waals surface area contributed by atoms with Crippen LogP contribution >= 0.6 is 0 Å². The second kappa shape index (κ2) is 6.16. The van der Waals surface area contributed by atoms with Crippen LogP contribution < -0.4 is 4.74 Å². The van der Waals surface area contributed by atoms with Crippen LogP contribution in [0.2, 0.25) is 0 Å². The molecule has 1 atom stereocenters. The van der Waals surface area contributed by atoms with Crippen molar-refractivity contribution >= 4 is 11.9 Å². The number of rotatable bonds is 4. The first-order chi connectivity index (χ1) is 10.0. The molecule has 1 aromatic carbocycles. The van der Waals surface area contributed by atoms with Crippen LogP contribution in [-0.2, 0) is 9.53 Å². The van der Waals surface area contributed by atoms with E-state index in [-0.39, 0.29) is 11.9 Å². The Morgan fingerprint density at radius 1 is 1.29 bits per heavy atom. The maximum atomic E-state index is 12.6. The monoisotopic (exact) mass is 291 g/mol. The largest absolute Gasteiger partial charge is 0.497 e. The second-order valence-electron chi connectivity index (χ2n) is 5.28. The van der Waals surface area contributed by atoms with Crippen molar-refractivity contribution in [3.8, 4) is 5.75 Å². The summed E-state index contributed by atoms with van der Waals surface area (Å²) in [6.07, 6.45) is 1.44. The smallest absolute Gasteiger partial charge is 0.331 e. The predicted octanol–water partition coefficient (Wildman–Crippen LogP) is 2.25. The van der Waals surface area contributed by atoms with Gasteiger partial charge in [0.05, 0.1) is 13.7 Å². The molecule has 1 heterocycles. The highest BCUT2D eigenvalue weighted by atomic mass is 16.5. The summed E-state index contributed by atoms with van der Waals surface area (Å²) in [5.74, 6) is 0.219. The number of carbonyl (C=O) groups is 2. The van der Waals surface area contributed by atoms with Crippen molar-refractivity contribution in [2.45, 2.75) is 32.2 Å². The molecule has 0 aliphatic carbocycles. The molecule has 1 aliphatic heterocycles. The fraction of sp³-hybridized carbons (Fsp3) is 0.500. The van der Waals surface area contributed by atoms with E-state index in [4.69, 9.17) is 9.47 Å². The molecule has 1 saturated heterocycles. The summed E-state index contributed by atoms with van der Waals surface area (Å²) in [4.78, 5) is 26.4. The van der Waals surface area contributed by atoms with E-state index in [1.165, 1.54) is 0 Å². The maximum absolute atomic E-state index is 12.6. The topological polar surface area (TPSA) is 55.8 Å². The molecule has 1 aromatic rings. The molecule has 1 amide bonds. The molecule has 1 aliphatic rings. The molecule has 0 N–H and O–H groups in total. The molecule has 1 unspecified atom stereocenters. The van der Waals surface area contributed by atoms with Gasteiger partial charge in [0.25, 0.3) is 5.91 Å². The molecule has 21 heavy (non-hydrogen) atoms. The Labute approximate surface area is 124 Å². The third-order valence-electron chi connectivity index (χ3n) is 3.94. The van der Waals surface area contributed by atoms with Gasteiger partial charge in [-0.2, -0.15) is 0 Å². The third-order valence-corrected chi connectivity index (χ3v) is 3.94. The average Bonchev–Trinajstić information content (AvgIpc) is 2.90. The molecule has 0 bridgehead atoms. The Bertz CT molecular complexity index is 526. The molecule has 0 spiro atoms. The summed E-state index contributed by atoms with van der Waals surface area (Å²) in [7, 11) is 1.58. The zero-order valence-corrected chi connectivity index (χ0v) is 12.7. The van der Waals surface area contributed by atoms with Crippen molar-refractivity contribution in [2.75, 3.05) is 20.3 Å². The number of amides is 1. The van der Waals surface area contributed by atoms with Gasteiger partial charge in [-0.05, 0) is 51.0 Å². The fourth-order valence-electron chi connectivity index (χ4n) is 2.68. The van der Waals surface area contributed by atoms with Gasteiger partial charge in [0.1, 0.15) is 11.3 Å². The highest BCUT2D eigenvalue weighted by molar-refractivity contribution is 5.98. The Morgan fingerprint density at radius 3 is 2.52 bits per heavy atom. The quantitative estimate of drug-likeness (QED) is 0.798. The Kier molecular flexibility index (Phi) is 4.50. The van der Waals surface area contributed by atoms with Crippen LogP contribution in [0.4, 0.5) is 0 Å². The van der Waals surface area contributed by atoms with Crippen molar-refractivity contribution in [1.29, 1.82) is 0 Å². The molecule has 0 aromatic heterocycles. The fourth-order valence-corrected chi connectivity index (χ4v) is 2.68. The van der Waals surface area contributed by atoms with Gasteiger partial charge in [0.15, 0.2) is 0 Å². The van der Waals surface area contributed by atoms with Gasteiger partial charge < -0.3 is 14.4 Å². The molecular formula is C16H21NO4. The van der Waals surface area contributed by atoms with Crippen LogP contribution in [0.1, 0.15) is 37.0 Å². The first-order valence-electron chi connectivity index (χ1n) is 7.16. The minimum absolute atomic E-state index is 0.147. The highest BCUT2D eigenvalue weighted by Crippen LogP contribution is 2.32. The number of carbonyl (C=O) groups excluding carboxylic acids is 2. The lowest BCUT2D eigenvalue weighted by Crippen LogP contribution is -2.51. The van der Waals surface area contributed by atoms with Gasteiger partial charge in [-0.1, -0.05) is 0 Å². The van der Waals surface area contributed by atoms with Crippen molar-refractivity contribution in [3.05, 3.63) is 29.8 Å². The molecule has 1 fully saturated rings. The minimum Gasteiger partial charge on any atom is -0.497 e. The lowest BCUT2D eigenvalue weighted by molar-refractivity contribution is -0.153. The number of benzene rings is 1. The molecule has 2 rings (SSSR count). The summed E-state index contributed by atoms with van der Waals surface area (Å²) in [5, 5.41) is 0. The van der Waals surface area contributed by atoms with Gasteiger partial charge >= 0.3 is 5.97 Å². The average molecular weight is 291 g/mol. The van der Waals surface area contributed by atoms with Crippen LogP contribution in [0.3, 0.4) is 0 Å². The second-order valence-corrected chi connectivity index (χ2v) is 5.28. The number of likely N-dealkylation sites (tertiary alicyclic amines) is 1. The number of hydrogen-bond acceptors (Lipinski definition) is 4. The van der Waals surface area contributed by atoms with Crippen LogP contribution in [-0.4, -0.2) is 42.6 Å². The van der Waals surface area contributed by atoms with Crippen LogP contribution in [0, 0.1) is 0 Å². The van der Waals surface area contributed by atoms with E-state index >= 15 is 0 Å². The lowest BCUT2D eigenvalue weighted by Gasteiger charge is -2.32. The van der Waals surface area contributed by atoms with E-state index in [1.54, 1.807) is 50.1 Å². The summed E-state index contributed by atoms with van der Waals surface area (Å²) in [5.41, 5.74) is -0.319. The van der Waals surface area contributed by atoms with Gasteiger partial charge in [-0.15, -0.1) is 0 Å². The Hall–Kier alpha value is -2.04. The molecule has 5 heteroatoms. The third kappa shape index (κ3) is 2.86. The predicted molar refractivity (Wildman–Crippen MR) is 78.3 cm³/mol. The van der Waals surface area contributed by atoms with E-state index in [0.29, 0.717) is 30.9 Å². The Morgan fingerprint density at radius 2 is 1.95 bits per heavy atom. The van der Waals surface area contributed by atoms with Crippen LogP contribution in [0.25, 0.3) is 0 Å². The van der Waals surface area contributed by atoms with Crippen molar-refractivity contribution in [2.24, 2.45) is 0 Å². The number of methoxy groups -OCH3 is 1. The van der Waals surface area contributed by atoms with E-state index in [9.17, 15) is 9.59 Å². The van der Waals surface area contributed by atoms with Crippen LogP contribution in [0.5, 0.6) is 5.75 Å². The summed E-state index contributed by atoms with van der Waals surface area (Å²) >= 11 is 0. The summed E-state index contributed by atoms with van der Waals surface area (Å²) in [6, 6.07) is 6.91. The summed E-state index contributed by atoms with van der Waals surface area (Å²) in [6.45, 7) is 4.43. The SMILES string of the molecule is CCOC(=O)C1(C)CCCN1C(=O)c1ccc(OC)cc1. The molecule has 114 valence electrons. The summed E-state index contributed by atoms with van der Waals surface area (Å²) < 4.78 is 10.2. The van der Waals surface area contributed by atoms with Gasteiger partial charge in [0, 0.05) is 12.1 Å².